The molecule has 0 aliphatic heterocycles. The van der Waals surface area contributed by atoms with E-state index in [9.17, 15) is 0 Å². The molecule has 3 nitrogen and oxygen atoms in total. The second-order valence-corrected chi connectivity index (χ2v) is 3.17. The van der Waals surface area contributed by atoms with Gasteiger partial charge in [-0.15, -0.1) is 0 Å². The monoisotopic (exact) mass is 151 g/mol. The molecule has 0 bridgehead atoms. The average Bonchev–Trinajstić information content (AvgIpc) is 2.55. The first kappa shape index (κ1) is 6.85. The number of imidazole rings is 1. The van der Waals surface area contributed by atoms with Gasteiger partial charge in [0.25, 0.3) is 0 Å². The average molecular weight is 151 g/mol. The van der Waals surface area contributed by atoms with Crippen LogP contribution in [0.1, 0.15) is 25.3 Å². The summed E-state index contributed by atoms with van der Waals surface area (Å²) in [5, 5.41) is 0. The SMILES string of the molecule is N[C@H]1CCC[C@@H]1n1ccnc1. The maximum absolute atomic E-state index is 5.92. The molecule has 0 spiro atoms. The highest BCUT2D eigenvalue weighted by atomic mass is 15.1. The standard InChI is InChI=1S/C8H13N3/c9-7-2-1-3-8(7)11-5-4-10-6-11/h4-8H,1-3,9H2/t7-,8-/m0/s1. The van der Waals surface area contributed by atoms with Crippen LogP contribution in [0.25, 0.3) is 0 Å². The van der Waals surface area contributed by atoms with E-state index >= 15 is 0 Å². The molecule has 0 radical (unpaired) electrons. The smallest absolute Gasteiger partial charge is 0.0949 e. The molecule has 1 aliphatic rings. The van der Waals surface area contributed by atoms with Crippen LogP contribution in [0.2, 0.25) is 0 Å². The van der Waals surface area contributed by atoms with Crippen LogP contribution in [-0.2, 0) is 0 Å². The number of nitrogens with zero attached hydrogens (tertiary/aromatic N) is 2. The van der Waals surface area contributed by atoms with Gasteiger partial charge in [0.2, 0.25) is 0 Å². The molecule has 1 heterocycles. The Morgan fingerprint density at radius 2 is 2.36 bits per heavy atom. The maximum Gasteiger partial charge on any atom is 0.0949 e. The molecule has 0 aromatic carbocycles. The highest BCUT2D eigenvalue weighted by Gasteiger charge is 2.24. The van der Waals surface area contributed by atoms with Gasteiger partial charge in [0.05, 0.1) is 6.33 Å². The molecule has 1 fully saturated rings. The molecule has 2 atom stereocenters. The molecule has 1 saturated carbocycles. The lowest BCUT2D eigenvalue weighted by Crippen LogP contribution is -2.26. The minimum Gasteiger partial charge on any atom is -0.333 e. The molecule has 2 rings (SSSR count). The van der Waals surface area contributed by atoms with Crippen LogP contribution in [0.4, 0.5) is 0 Å². The van der Waals surface area contributed by atoms with E-state index in [4.69, 9.17) is 5.73 Å². The second kappa shape index (κ2) is 2.66. The van der Waals surface area contributed by atoms with Crippen molar-refractivity contribution in [2.45, 2.75) is 31.3 Å². The summed E-state index contributed by atoms with van der Waals surface area (Å²) in [6.45, 7) is 0. The Hall–Kier alpha value is -0.830. The quantitative estimate of drug-likeness (QED) is 0.649. The molecule has 1 aromatic rings. The van der Waals surface area contributed by atoms with Crippen LogP contribution >= 0.6 is 0 Å². The predicted octanol–water partition coefficient (Wildman–Crippen LogP) is 0.935. The van der Waals surface area contributed by atoms with Crippen molar-refractivity contribution >= 4 is 0 Å². The Morgan fingerprint density at radius 1 is 1.45 bits per heavy atom. The van der Waals surface area contributed by atoms with Crippen molar-refractivity contribution < 1.29 is 0 Å². The Morgan fingerprint density at radius 3 is 2.91 bits per heavy atom. The van der Waals surface area contributed by atoms with Gasteiger partial charge < -0.3 is 10.3 Å². The molecular formula is C8H13N3. The third-order valence-electron chi connectivity index (χ3n) is 2.44. The molecule has 1 aliphatic carbocycles. The van der Waals surface area contributed by atoms with Crippen molar-refractivity contribution in [3.8, 4) is 0 Å². The van der Waals surface area contributed by atoms with Crippen LogP contribution in [0, 0.1) is 0 Å². The zero-order valence-electron chi connectivity index (χ0n) is 6.48. The number of hydrogen-bond acceptors (Lipinski definition) is 2. The lowest BCUT2D eigenvalue weighted by molar-refractivity contribution is 0.462. The van der Waals surface area contributed by atoms with Gasteiger partial charge >= 0.3 is 0 Å². The van der Waals surface area contributed by atoms with E-state index in [1.807, 2.05) is 18.7 Å². The van der Waals surface area contributed by atoms with Gasteiger partial charge in [0.15, 0.2) is 0 Å². The van der Waals surface area contributed by atoms with Crippen LogP contribution in [0.3, 0.4) is 0 Å². The first-order valence-electron chi connectivity index (χ1n) is 4.11. The van der Waals surface area contributed by atoms with Gasteiger partial charge in [0.1, 0.15) is 0 Å². The molecule has 3 heteroatoms. The number of rotatable bonds is 1. The molecule has 2 N–H and O–H groups in total. The van der Waals surface area contributed by atoms with E-state index in [2.05, 4.69) is 9.55 Å². The van der Waals surface area contributed by atoms with Gasteiger partial charge in [-0.05, 0) is 19.3 Å². The van der Waals surface area contributed by atoms with E-state index in [1.165, 1.54) is 12.8 Å². The van der Waals surface area contributed by atoms with E-state index in [-0.39, 0.29) is 0 Å². The predicted molar refractivity (Wildman–Crippen MR) is 43.1 cm³/mol. The molecule has 0 saturated heterocycles. The van der Waals surface area contributed by atoms with Crippen LogP contribution in [0.15, 0.2) is 18.7 Å². The van der Waals surface area contributed by atoms with Crippen LogP contribution < -0.4 is 5.73 Å². The van der Waals surface area contributed by atoms with Crippen molar-refractivity contribution in [1.82, 2.24) is 9.55 Å². The van der Waals surface area contributed by atoms with Gasteiger partial charge in [-0.25, -0.2) is 4.98 Å². The summed E-state index contributed by atoms with van der Waals surface area (Å²) < 4.78 is 2.12. The highest BCUT2D eigenvalue weighted by Crippen LogP contribution is 2.27. The van der Waals surface area contributed by atoms with Crippen molar-refractivity contribution in [1.29, 1.82) is 0 Å². The topological polar surface area (TPSA) is 43.8 Å². The minimum absolute atomic E-state index is 0.337. The first-order valence-corrected chi connectivity index (χ1v) is 4.11. The maximum atomic E-state index is 5.92. The zero-order chi connectivity index (χ0) is 7.68. The minimum atomic E-state index is 0.337. The van der Waals surface area contributed by atoms with Crippen molar-refractivity contribution in [3.63, 3.8) is 0 Å². The van der Waals surface area contributed by atoms with Gasteiger partial charge in [0, 0.05) is 24.5 Å². The van der Waals surface area contributed by atoms with E-state index in [0.717, 1.165) is 6.42 Å². The third kappa shape index (κ3) is 1.16. The van der Waals surface area contributed by atoms with E-state index in [0.29, 0.717) is 12.1 Å². The third-order valence-corrected chi connectivity index (χ3v) is 2.44. The number of hydrogen-bond donors (Lipinski definition) is 1. The summed E-state index contributed by atoms with van der Waals surface area (Å²) in [7, 11) is 0. The fourth-order valence-corrected chi connectivity index (χ4v) is 1.80. The van der Waals surface area contributed by atoms with Gasteiger partial charge in [-0.3, -0.25) is 0 Å². The fourth-order valence-electron chi connectivity index (χ4n) is 1.80. The van der Waals surface area contributed by atoms with Gasteiger partial charge in [-0.1, -0.05) is 0 Å². The Balaban J connectivity index is 2.16. The summed E-state index contributed by atoms with van der Waals surface area (Å²) in [5.74, 6) is 0. The summed E-state index contributed by atoms with van der Waals surface area (Å²) in [6.07, 6.45) is 9.28. The van der Waals surface area contributed by atoms with Crippen LogP contribution in [-0.4, -0.2) is 15.6 Å². The number of nitrogens with two attached hydrogens (primary N) is 1. The van der Waals surface area contributed by atoms with Crippen molar-refractivity contribution in [2.75, 3.05) is 0 Å². The molecule has 11 heavy (non-hydrogen) atoms. The summed E-state index contributed by atoms with van der Waals surface area (Å²) >= 11 is 0. The Labute approximate surface area is 66.2 Å². The lowest BCUT2D eigenvalue weighted by Gasteiger charge is -2.15. The van der Waals surface area contributed by atoms with Crippen LogP contribution in [0.5, 0.6) is 0 Å². The summed E-state index contributed by atoms with van der Waals surface area (Å²) in [6, 6.07) is 0.835. The first-order chi connectivity index (χ1) is 5.38. The normalized spacial score (nSPS) is 31.0. The largest absolute Gasteiger partial charge is 0.333 e. The summed E-state index contributed by atoms with van der Waals surface area (Å²) in [5.41, 5.74) is 5.92. The Kier molecular flexibility index (Phi) is 1.66. The molecule has 0 amide bonds. The fraction of sp³-hybridized carbons (Fsp3) is 0.625. The van der Waals surface area contributed by atoms with Crippen molar-refractivity contribution in [2.24, 2.45) is 5.73 Å². The zero-order valence-corrected chi connectivity index (χ0v) is 6.48. The van der Waals surface area contributed by atoms with Gasteiger partial charge in [-0.2, -0.15) is 0 Å². The molecule has 60 valence electrons. The summed E-state index contributed by atoms with van der Waals surface area (Å²) in [4.78, 5) is 4.01. The number of aromatic nitrogens is 2. The molecule has 0 unspecified atom stereocenters. The molecule has 1 aromatic heterocycles. The Bertz CT molecular complexity index is 217. The molecular weight excluding hydrogens is 138 g/mol. The second-order valence-electron chi connectivity index (χ2n) is 3.17. The van der Waals surface area contributed by atoms with E-state index in [1.54, 1.807) is 0 Å². The van der Waals surface area contributed by atoms with E-state index < -0.39 is 0 Å². The van der Waals surface area contributed by atoms with Crippen molar-refractivity contribution in [3.05, 3.63) is 18.7 Å². The highest BCUT2D eigenvalue weighted by molar-refractivity contribution is 4.89. The lowest BCUT2D eigenvalue weighted by atomic mass is 10.2.